The van der Waals surface area contributed by atoms with E-state index < -0.39 is 0 Å². The molecule has 0 aliphatic carbocycles. The van der Waals surface area contributed by atoms with Crippen LogP contribution in [0.2, 0.25) is 0 Å². The fourth-order valence-electron chi connectivity index (χ4n) is 10.2. The van der Waals surface area contributed by atoms with E-state index >= 15 is 0 Å². The molecule has 0 bridgehead atoms. The Morgan fingerprint density at radius 2 is 1.07 bits per heavy atom. The molecule has 0 unspecified atom stereocenters. The van der Waals surface area contributed by atoms with Crippen LogP contribution >= 0.6 is 11.3 Å². The quantitative estimate of drug-likeness (QED) is 0.132. The number of rotatable bonds is 4. The second-order valence-corrected chi connectivity index (χ2v) is 16.6. The second-order valence-electron chi connectivity index (χ2n) is 15.5. The lowest BCUT2D eigenvalue weighted by atomic mass is 9.88. The molecule has 0 aliphatic heterocycles. The van der Waals surface area contributed by atoms with Gasteiger partial charge < -0.3 is 9.13 Å². The number of fused-ring (bicyclic) bond motifs is 10. The molecule has 0 saturated carbocycles. The van der Waals surface area contributed by atoms with Crippen LogP contribution in [0.5, 0.6) is 0 Å². The molecule has 0 fully saturated rings. The van der Waals surface area contributed by atoms with Crippen LogP contribution in [-0.2, 0) is 0 Å². The fraction of sp³-hybridized carbons (Fsp3) is 0. The minimum absolute atomic E-state index is 0.414. The summed E-state index contributed by atoms with van der Waals surface area (Å²) < 4.78 is 7.04. The zero-order valence-electron chi connectivity index (χ0n) is 32.4. The first kappa shape index (κ1) is 33.7. The van der Waals surface area contributed by atoms with Crippen molar-refractivity contribution >= 4 is 102 Å². The number of thiophene rings is 1. The minimum Gasteiger partial charge on any atom is -0.318 e. The van der Waals surface area contributed by atoms with Gasteiger partial charge in [-0.15, -0.1) is 11.3 Å². The van der Waals surface area contributed by atoms with Crippen LogP contribution in [0, 0.1) is 17.9 Å². The van der Waals surface area contributed by atoms with Crippen molar-refractivity contribution in [1.29, 1.82) is 5.26 Å². The Bertz CT molecular complexity index is 3980. The summed E-state index contributed by atoms with van der Waals surface area (Å²) in [7, 11) is 0. The Morgan fingerprint density at radius 1 is 0.475 bits per heavy atom. The predicted octanol–water partition coefficient (Wildman–Crippen LogP) is 15.1. The summed E-state index contributed by atoms with van der Waals surface area (Å²) in [6, 6.07) is 61.7. The second kappa shape index (κ2) is 12.6. The highest BCUT2D eigenvalue weighted by atomic mass is 32.1. The van der Waals surface area contributed by atoms with Crippen LogP contribution in [0.3, 0.4) is 0 Å². The van der Waals surface area contributed by atoms with Crippen molar-refractivity contribution in [2.45, 2.75) is 0 Å². The molecule has 5 nitrogen and oxygen atoms in total. The van der Waals surface area contributed by atoms with Gasteiger partial charge in [0, 0.05) is 64.4 Å². The van der Waals surface area contributed by atoms with E-state index in [9.17, 15) is 5.26 Å². The van der Waals surface area contributed by atoms with Gasteiger partial charge in [-0.2, -0.15) is 5.26 Å². The zero-order chi connectivity index (χ0) is 40.3. The highest BCUT2D eigenvalue weighted by Crippen LogP contribution is 2.54. The first-order valence-electron chi connectivity index (χ1n) is 20.2. The first-order chi connectivity index (χ1) is 30.2. The minimum atomic E-state index is 0.414. The van der Waals surface area contributed by atoms with E-state index in [-0.39, 0.29) is 0 Å². The largest absolute Gasteiger partial charge is 0.318 e. The Labute approximate surface area is 353 Å². The molecule has 0 saturated heterocycles. The first-order valence-corrected chi connectivity index (χ1v) is 21.0. The maximum Gasteiger partial charge on any atom is 0.220 e. The predicted molar refractivity (Wildman–Crippen MR) is 254 cm³/mol. The number of nitrogens with zero attached hydrogens (tertiary/aromatic N) is 5. The lowest BCUT2D eigenvalue weighted by Crippen LogP contribution is -2.08. The topological polar surface area (TPSA) is 50.9 Å². The number of pyridine rings is 1. The van der Waals surface area contributed by atoms with Gasteiger partial charge in [-0.05, 0) is 58.3 Å². The lowest BCUT2D eigenvalue weighted by molar-refractivity contribution is 1.13. The number of nitriles is 1. The Balaban J connectivity index is 1.32. The molecule has 280 valence electrons. The van der Waals surface area contributed by atoms with Gasteiger partial charge in [0.2, 0.25) is 5.69 Å². The number of benzene rings is 9. The standard InChI is InChI=1S/C55H29N5S/c1-57-53-46(32-15-4-2-5-16-32)39(31-56)54(59-40-24-12-10-21-37(40)49-42(59)27-28-45-50(49)38-22-11-13-26-44(38)61-45)47(33-17-6-3-7-18-33)55(53)60-41-25-14-23-35-34-19-8-9-20-36(34)52-51(48(35)41)43(60)29-30-58-52/h2-30H. The van der Waals surface area contributed by atoms with E-state index in [1.54, 1.807) is 11.3 Å². The van der Waals surface area contributed by atoms with Crippen molar-refractivity contribution in [3.63, 3.8) is 0 Å². The molecule has 0 spiro atoms. The van der Waals surface area contributed by atoms with E-state index in [2.05, 4.69) is 141 Å². The molecule has 4 heterocycles. The molecular formula is C55H29N5S. The van der Waals surface area contributed by atoms with Crippen LogP contribution in [-0.4, -0.2) is 14.1 Å². The number of hydrogen-bond acceptors (Lipinski definition) is 3. The van der Waals surface area contributed by atoms with Crippen LogP contribution in [0.4, 0.5) is 5.69 Å². The third kappa shape index (κ3) is 4.44. The van der Waals surface area contributed by atoms with Gasteiger partial charge in [0.25, 0.3) is 0 Å². The highest BCUT2D eigenvalue weighted by Gasteiger charge is 2.32. The zero-order valence-corrected chi connectivity index (χ0v) is 33.2. The number of hydrogen-bond donors (Lipinski definition) is 0. The molecule has 13 rings (SSSR count). The Morgan fingerprint density at radius 3 is 1.84 bits per heavy atom. The summed E-state index contributed by atoms with van der Waals surface area (Å²) >= 11 is 1.80. The molecule has 9 aromatic carbocycles. The van der Waals surface area contributed by atoms with Crippen LogP contribution in [0.1, 0.15) is 5.56 Å². The SMILES string of the molecule is [C-]#[N+]c1c(-c2ccccc2)c(C#N)c(-n2c3ccccc3c3c4c(ccc32)sc2ccccc24)c(-c2ccccc2)c1-n1c2cccc3c4ccccc4c4nccc1c4c32. The van der Waals surface area contributed by atoms with Crippen LogP contribution in [0.15, 0.2) is 176 Å². The summed E-state index contributed by atoms with van der Waals surface area (Å²) in [5, 5.41) is 21.9. The molecule has 4 aromatic heterocycles. The maximum atomic E-state index is 11.7. The average molecular weight is 792 g/mol. The third-order valence-corrected chi connectivity index (χ3v) is 13.7. The average Bonchev–Trinajstić information content (AvgIpc) is 3.99. The van der Waals surface area contributed by atoms with Crippen molar-refractivity contribution in [2.24, 2.45) is 0 Å². The van der Waals surface area contributed by atoms with Gasteiger partial charge >= 0.3 is 0 Å². The molecule has 6 heteroatoms. The number of para-hydroxylation sites is 1. The molecule has 0 amide bonds. The normalized spacial score (nSPS) is 11.9. The van der Waals surface area contributed by atoms with E-state index in [0.29, 0.717) is 16.8 Å². The van der Waals surface area contributed by atoms with E-state index in [1.807, 2.05) is 54.7 Å². The molecule has 13 aromatic rings. The van der Waals surface area contributed by atoms with Crippen molar-refractivity contribution < 1.29 is 0 Å². The lowest BCUT2D eigenvalue weighted by Gasteiger charge is -2.25. The molecule has 0 N–H and O–H groups in total. The van der Waals surface area contributed by atoms with Gasteiger partial charge in [-0.3, -0.25) is 4.98 Å². The smallest absolute Gasteiger partial charge is 0.220 e. The number of aromatic nitrogens is 3. The van der Waals surface area contributed by atoms with Crippen molar-refractivity contribution in [3.8, 4) is 39.7 Å². The molecule has 0 radical (unpaired) electrons. The molecular weight excluding hydrogens is 763 g/mol. The maximum absolute atomic E-state index is 11.7. The van der Waals surface area contributed by atoms with Crippen molar-refractivity contribution in [3.05, 3.63) is 193 Å². The monoisotopic (exact) mass is 791 g/mol. The summed E-state index contributed by atoms with van der Waals surface area (Å²) in [4.78, 5) is 9.51. The Hall–Kier alpha value is -8.29. The molecule has 0 atom stereocenters. The highest BCUT2D eigenvalue weighted by molar-refractivity contribution is 7.26. The molecule has 61 heavy (non-hydrogen) atoms. The van der Waals surface area contributed by atoms with Crippen LogP contribution < -0.4 is 0 Å². The van der Waals surface area contributed by atoms with E-state index in [4.69, 9.17) is 11.6 Å². The summed E-state index contributed by atoms with van der Waals surface area (Å²) in [5.41, 5.74) is 10.3. The van der Waals surface area contributed by atoms with Crippen molar-refractivity contribution in [2.75, 3.05) is 0 Å². The van der Waals surface area contributed by atoms with E-state index in [0.717, 1.165) is 93.4 Å². The van der Waals surface area contributed by atoms with Crippen LogP contribution in [0.25, 0.3) is 124 Å². The fourth-order valence-corrected chi connectivity index (χ4v) is 11.4. The Kier molecular flexibility index (Phi) is 6.96. The third-order valence-electron chi connectivity index (χ3n) is 12.6. The molecule has 0 aliphatic rings. The summed E-state index contributed by atoms with van der Waals surface area (Å²) in [6.45, 7) is 9.17. The van der Waals surface area contributed by atoms with Gasteiger partial charge in [-0.1, -0.05) is 133 Å². The van der Waals surface area contributed by atoms with Gasteiger partial charge in [0.05, 0.1) is 51.1 Å². The summed E-state index contributed by atoms with van der Waals surface area (Å²) in [5.74, 6) is 0. The van der Waals surface area contributed by atoms with Gasteiger partial charge in [0.1, 0.15) is 6.07 Å². The van der Waals surface area contributed by atoms with Crippen molar-refractivity contribution in [1.82, 2.24) is 14.1 Å². The summed E-state index contributed by atoms with van der Waals surface area (Å²) in [6.07, 6.45) is 1.89. The van der Waals surface area contributed by atoms with E-state index in [1.165, 1.54) is 20.2 Å². The van der Waals surface area contributed by atoms with Gasteiger partial charge in [-0.25, -0.2) is 4.85 Å². The van der Waals surface area contributed by atoms with Gasteiger partial charge in [0.15, 0.2) is 0 Å².